The van der Waals surface area contributed by atoms with E-state index < -0.39 is 0 Å². The minimum Gasteiger partial charge on any atom is -0.369 e. The Morgan fingerprint density at radius 3 is 2.56 bits per heavy atom. The predicted molar refractivity (Wildman–Crippen MR) is 74.8 cm³/mol. The maximum Gasteiger partial charge on any atom is 0.147 e. The number of nitrogens with one attached hydrogen (secondary N) is 1. The Kier molecular flexibility index (Phi) is 4.29. The minimum atomic E-state index is 0.445. The molecule has 0 radical (unpaired) electrons. The third-order valence-corrected chi connectivity index (χ3v) is 2.99. The van der Waals surface area contributed by atoms with Crippen molar-refractivity contribution in [3.63, 3.8) is 0 Å². The zero-order chi connectivity index (χ0) is 12.8. The summed E-state index contributed by atoms with van der Waals surface area (Å²) in [6.07, 6.45) is 4.39. The maximum absolute atomic E-state index is 4.44. The molecule has 1 N–H and O–H groups in total. The van der Waals surface area contributed by atoms with Gasteiger partial charge in [-0.2, -0.15) is 0 Å². The summed E-state index contributed by atoms with van der Waals surface area (Å²) in [5.74, 6) is 1.35. The SMILES string of the molecule is CCNc1nccnc1CC(C)c1ccccc1. The van der Waals surface area contributed by atoms with Gasteiger partial charge in [-0.05, 0) is 24.8 Å². The second-order valence-electron chi connectivity index (χ2n) is 4.40. The van der Waals surface area contributed by atoms with Gasteiger partial charge in [0.25, 0.3) is 0 Å². The average molecular weight is 241 g/mol. The summed E-state index contributed by atoms with van der Waals surface area (Å²) in [5, 5.41) is 3.26. The van der Waals surface area contributed by atoms with Crippen LogP contribution in [0.5, 0.6) is 0 Å². The first-order valence-corrected chi connectivity index (χ1v) is 6.40. The molecule has 0 bridgehead atoms. The molecule has 0 aliphatic rings. The van der Waals surface area contributed by atoms with Crippen LogP contribution < -0.4 is 5.32 Å². The fourth-order valence-electron chi connectivity index (χ4n) is 2.02. The van der Waals surface area contributed by atoms with Crippen molar-refractivity contribution in [2.75, 3.05) is 11.9 Å². The Labute approximate surface area is 108 Å². The second-order valence-corrected chi connectivity index (χ2v) is 4.40. The van der Waals surface area contributed by atoms with Gasteiger partial charge in [-0.1, -0.05) is 37.3 Å². The molecule has 3 nitrogen and oxygen atoms in total. The molecule has 94 valence electrons. The highest BCUT2D eigenvalue weighted by Crippen LogP contribution is 2.21. The van der Waals surface area contributed by atoms with Crippen LogP contribution in [0.25, 0.3) is 0 Å². The molecule has 1 aromatic heterocycles. The van der Waals surface area contributed by atoms with Gasteiger partial charge in [-0.3, -0.25) is 4.98 Å². The number of rotatable bonds is 5. The summed E-state index contributed by atoms with van der Waals surface area (Å²) < 4.78 is 0. The van der Waals surface area contributed by atoms with E-state index in [1.807, 2.05) is 6.07 Å². The van der Waals surface area contributed by atoms with E-state index in [4.69, 9.17) is 0 Å². The van der Waals surface area contributed by atoms with E-state index >= 15 is 0 Å². The fourth-order valence-corrected chi connectivity index (χ4v) is 2.02. The molecule has 18 heavy (non-hydrogen) atoms. The number of aromatic nitrogens is 2. The maximum atomic E-state index is 4.44. The van der Waals surface area contributed by atoms with Crippen LogP contribution in [-0.4, -0.2) is 16.5 Å². The Morgan fingerprint density at radius 2 is 1.83 bits per heavy atom. The summed E-state index contributed by atoms with van der Waals surface area (Å²) in [6.45, 7) is 5.16. The smallest absolute Gasteiger partial charge is 0.147 e. The zero-order valence-corrected chi connectivity index (χ0v) is 10.9. The van der Waals surface area contributed by atoms with Crippen LogP contribution in [0.1, 0.15) is 31.0 Å². The normalized spacial score (nSPS) is 12.1. The molecule has 0 fully saturated rings. The van der Waals surface area contributed by atoms with E-state index in [0.29, 0.717) is 5.92 Å². The summed E-state index contributed by atoms with van der Waals surface area (Å²) in [5.41, 5.74) is 2.38. The quantitative estimate of drug-likeness (QED) is 0.873. The van der Waals surface area contributed by atoms with Crippen LogP contribution >= 0.6 is 0 Å². The molecule has 0 amide bonds. The predicted octanol–water partition coefficient (Wildman–Crippen LogP) is 3.25. The van der Waals surface area contributed by atoms with Gasteiger partial charge in [-0.15, -0.1) is 0 Å². The molecule has 1 heterocycles. The van der Waals surface area contributed by atoms with Crippen molar-refractivity contribution < 1.29 is 0 Å². The topological polar surface area (TPSA) is 37.8 Å². The van der Waals surface area contributed by atoms with Gasteiger partial charge >= 0.3 is 0 Å². The molecule has 3 heteroatoms. The lowest BCUT2D eigenvalue weighted by Crippen LogP contribution is -2.08. The first kappa shape index (κ1) is 12.6. The first-order valence-electron chi connectivity index (χ1n) is 6.40. The molecular formula is C15H19N3. The van der Waals surface area contributed by atoms with Gasteiger partial charge in [0.05, 0.1) is 5.69 Å². The van der Waals surface area contributed by atoms with Gasteiger partial charge < -0.3 is 5.32 Å². The summed E-state index contributed by atoms with van der Waals surface area (Å²) >= 11 is 0. The number of anilines is 1. The van der Waals surface area contributed by atoms with Crippen molar-refractivity contribution in [2.24, 2.45) is 0 Å². The van der Waals surface area contributed by atoms with Crippen molar-refractivity contribution >= 4 is 5.82 Å². The molecule has 1 unspecified atom stereocenters. The van der Waals surface area contributed by atoms with E-state index in [1.54, 1.807) is 12.4 Å². The lowest BCUT2D eigenvalue weighted by atomic mass is 9.96. The molecule has 2 aromatic rings. The molecule has 0 saturated carbocycles. The van der Waals surface area contributed by atoms with E-state index in [9.17, 15) is 0 Å². The molecule has 0 aliphatic heterocycles. The van der Waals surface area contributed by atoms with Gasteiger partial charge in [0.1, 0.15) is 5.82 Å². The monoisotopic (exact) mass is 241 g/mol. The lowest BCUT2D eigenvalue weighted by Gasteiger charge is -2.13. The van der Waals surface area contributed by atoms with Crippen LogP contribution in [0.2, 0.25) is 0 Å². The molecule has 0 aliphatic carbocycles. The molecule has 1 aromatic carbocycles. The number of hydrogen-bond acceptors (Lipinski definition) is 3. The van der Waals surface area contributed by atoms with Gasteiger partial charge in [0, 0.05) is 18.9 Å². The third kappa shape index (κ3) is 3.06. The molecule has 0 saturated heterocycles. The van der Waals surface area contributed by atoms with Gasteiger partial charge in [0.2, 0.25) is 0 Å². The van der Waals surface area contributed by atoms with Crippen LogP contribution in [0.3, 0.4) is 0 Å². The minimum absolute atomic E-state index is 0.445. The third-order valence-electron chi connectivity index (χ3n) is 2.99. The van der Waals surface area contributed by atoms with Crippen LogP contribution in [0.4, 0.5) is 5.82 Å². The highest BCUT2D eigenvalue weighted by molar-refractivity contribution is 5.40. The number of hydrogen-bond donors (Lipinski definition) is 1. The van der Waals surface area contributed by atoms with Crippen LogP contribution in [0, 0.1) is 0 Å². The van der Waals surface area contributed by atoms with Crippen LogP contribution in [-0.2, 0) is 6.42 Å². The zero-order valence-electron chi connectivity index (χ0n) is 10.9. The Bertz CT molecular complexity index is 482. The van der Waals surface area contributed by atoms with Gasteiger partial charge in [-0.25, -0.2) is 4.98 Å². The Balaban J connectivity index is 2.14. The van der Waals surface area contributed by atoms with Crippen molar-refractivity contribution in [1.29, 1.82) is 0 Å². The molecular weight excluding hydrogens is 222 g/mol. The summed E-state index contributed by atoms with van der Waals surface area (Å²) in [6, 6.07) is 10.5. The van der Waals surface area contributed by atoms with E-state index in [2.05, 4.69) is 53.4 Å². The highest BCUT2D eigenvalue weighted by atomic mass is 15.0. The molecule has 0 spiro atoms. The largest absolute Gasteiger partial charge is 0.369 e. The second kappa shape index (κ2) is 6.15. The summed E-state index contributed by atoms with van der Waals surface area (Å²) in [4.78, 5) is 8.78. The van der Waals surface area contributed by atoms with Gasteiger partial charge in [0.15, 0.2) is 0 Å². The Morgan fingerprint density at radius 1 is 1.11 bits per heavy atom. The first-order chi connectivity index (χ1) is 8.81. The van der Waals surface area contributed by atoms with Crippen molar-refractivity contribution in [3.8, 4) is 0 Å². The van der Waals surface area contributed by atoms with Crippen molar-refractivity contribution in [1.82, 2.24) is 9.97 Å². The van der Waals surface area contributed by atoms with E-state index in [1.165, 1.54) is 5.56 Å². The molecule has 2 rings (SSSR count). The number of nitrogens with zero attached hydrogens (tertiary/aromatic N) is 2. The number of benzene rings is 1. The molecule has 1 atom stereocenters. The fraction of sp³-hybridized carbons (Fsp3) is 0.333. The summed E-state index contributed by atoms with van der Waals surface area (Å²) in [7, 11) is 0. The lowest BCUT2D eigenvalue weighted by molar-refractivity contribution is 0.737. The standard InChI is InChI=1S/C15H19N3/c1-3-16-15-14(17-9-10-18-15)11-12(2)13-7-5-4-6-8-13/h4-10,12H,3,11H2,1-2H3,(H,16,18). The Hall–Kier alpha value is -1.90. The van der Waals surface area contributed by atoms with Crippen LogP contribution in [0.15, 0.2) is 42.7 Å². The van der Waals surface area contributed by atoms with E-state index in [0.717, 1.165) is 24.5 Å². The highest BCUT2D eigenvalue weighted by Gasteiger charge is 2.11. The van der Waals surface area contributed by atoms with Crippen molar-refractivity contribution in [3.05, 3.63) is 54.0 Å². The average Bonchev–Trinajstić information content (AvgIpc) is 2.42. The van der Waals surface area contributed by atoms with E-state index in [-0.39, 0.29) is 0 Å². The van der Waals surface area contributed by atoms with Crippen molar-refractivity contribution in [2.45, 2.75) is 26.2 Å².